The van der Waals surface area contributed by atoms with E-state index in [1.54, 1.807) is 11.8 Å². The quantitative estimate of drug-likeness (QED) is 0.812. The molecule has 1 aromatic carbocycles. The van der Waals surface area contributed by atoms with Gasteiger partial charge in [-0.25, -0.2) is 0 Å². The maximum Gasteiger partial charge on any atom is 0.237 e. The summed E-state index contributed by atoms with van der Waals surface area (Å²) >= 11 is 1.71. The Bertz CT molecular complexity index is 448. The molecule has 0 spiro atoms. The molecule has 1 amide bonds. The third kappa shape index (κ3) is 5.55. The second-order valence-electron chi connectivity index (χ2n) is 5.43. The molecule has 0 bridgehead atoms. The molecule has 0 fully saturated rings. The highest BCUT2D eigenvalue weighted by molar-refractivity contribution is 7.98. The van der Waals surface area contributed by atoms with Gasteiger partial charge >= 0.3 is 0 Å². The molecule has 4 heteroatoms. The van der Waals surface area contributed by atoms with Crippen LogP contribution in [0.3, 0.4) is 0 Å². The van der Waals surface area contributed by atoms with Gasteiger partial charge in [-0.05, 0) is 56.7 Å². The van der Waals surface area contributed by atoms with Crippen LogP contribution in [-0.4, -0.2) is 30.0 Å². The first-order chi connectivity index (χ1) is 9.43. The number of benzene rings is 1. The van der Waals surface area contributed by atoms with Crippen molar-refractivity contribution in [2.75, 3.05) is 12.0 Å². The number of nitrogens with two attached hydrogens (primary N) is 1. The van der Waals surface area contributed by atoms with Crippen LogP contribution in [0.15, 0.2) is 18.2 Å². The Morgan fingerprint density at radius 3 is 2.70 bits per heavy atom. The molecule has 1 rings (SSSR count). The molecule has 3 N–H and O–H groups in total. The Labute approximate surface area is 126 Å². The molecule has 0 radical (unpaired) electrons. The third-order valence-corrected chi connectivity index (χ3v) is 4.03. The van der Waals surface area contributed by atoms with E-state index in [4.69, 9.17) is 5.73 Å². The minimum absolute atomic E-state index is 0.0451. The van der Waals surface area contributed by atoms with E-state index in [2.05, 4.69) is 37.4 Å². The van der Waals surface area contributed by atoms with Crippen molar-refractivity contribution in [3.8, 4) is 0 Å². The number of aryl methyl sites for hydroxylation is 2. The summed E-state index contributed by atoms with van der Waals surface area (Å²) in [6, 6.07) is 6.13. The molecule has 0 aliphatic carbocycles. The van der Waals surface area contributed by atoms with Gasteiger partial charge in [0.05, 0.1) is 6.04 Å². The first-order valence-electron chi connectivity index (χ1n) is 7.05. The molecule has 0 aliphatic heterocycles. The van der Waals surface area contributed by atoms with Crippen molar-refractivity contribution in [1.29, 1.82) is 0 Å². The molecule has 0 aromatic heterocycles. The zero-order valence-electron chi connectivity index (χ0n) is 12.9. The first kappa shape index (κ1) is 17.1. The number of carbonyl (C=O) groups is 1. The zero-order valence-corrected chi connectivity index (χ0v) is 13.7. The van der Waals surface area contributed by atoms with Gasteiger partial charge in [0.2, 0.25) is 5.91 Å². The highest BCUT2D eigenvalue weighted by atomic mass is 32.2. The highest BCUT2D eigenvalue weighted by Crippen LogP contribution is 2.12. The number of nitrogens with one attached hydrogen (secondary N) is 1. The maximum atomic E-state index is 11.9. The molecule has 20 heavy (non-hydrogen) atoms. The summed E-state index contributed by atoms with van der Waals surface area (Å²) in [4.78, 5) is 11.9. The van der Waals surface area contributed by atoms with Crippen LogP contribution < -0.4 is 11.1 Å². The van der Waals surface area contributed by atoms with Crippen LogP contribution in [-0.2, 0) is 11.2 Å². The zero-order chi connectivity index (χ0) is 15.1. The van der Waals surface area contributed by atoms with E-state index >= 15 is 0 Å². The minimum atomic E-state index is -0.399. The van der Waals surface area contributed by atoms with Gasteiger partial charge in [-0.15, -0.1) is 0 Å². The maximum absolute atomic E-state index is 11.9. The largest absolute Gasteiger partial charge is 0.352 e. The normalized spacial score (nSPS) is 13.8. The van der Waals surface area contributed by atoms with Crippen LogP contribution in [0.1, 0.15) is 30.0 Å². The minimum Gasteiger partial charge on any atom is -0.352 e. The Balaban J connectivity index is 2.50. The number of carbonyl (C=O) groups excluding carboxylic acids is 1. The van der Waals surface area contributed by atoms with Gasteiger partial charge in [0, 0.05) is 6.04 Å². The standard InChI is InChI=1S/C16H26N2OS/c1-11-5-6-14(12(2)9-11)10-13(3)18-16(19)15(17)7-8-20-4/h5-6,9,13,15H,7-8,10,17H2,1-4H3,(H,18,19)/t13?,15-/m0/s1. The van der Waals surface area contributed by atoms with Gasteiger partial charge < -0.3 is 11.1 Å². The van der Waals surface area contributed by atoms with Crippen LogP contribution >= 0.6 is 11.8 Å². The molecule has 0 saturated carbocycles. The summed E-state index contributed by atoms with van der Waals surface area (Å²) in [6.45, 7) is 6.23. The van der Waals surface area contributed by atoms with Crippen molar-refractivity contribution in [3.63, 3.8) is 0 Å². The van der Waals surface area contributed by atoms with Crippen LogP contribution in [0, 0.1) is 13.8 Å². The summed E-state index contributed by atoms with van der Waals surface area (Å²) < 4.78 is 0. The molecule has 2 atom stereocenters. The van der Waals surface area contributed by atoms with Crippen molar-refractivity contribution in [2.24, 2.45) is 5.73 Å². The van der Waals surface area contributed by atoms with Crippen LogP contribution in [0.25, 0.3) is 0 Å². The van der Waals surface area contributed by atoms with Crippen molar-refractivity contribution in [1.82, 2.24) is 5.32 Å². The Hall–Kier alpha value is -1.00. The molecule has 0 aliphatic rings. The fourth-order valence-electron chi connectivity index (χ4n) is 2.18. The lowest BCUT2D eigenvalue weighted by atomic mass is 10.00. The van der Waals surface area contributed by atoms with Gasteiger partial charge in [-0.2, -0.15) is 11.8 Å². The van der Waals surface area contributed by atoms with Gasteiger partial charge in [-0.1, -0.05) is 23.8 Å². The first-order valence-corrected chi connectivity index (χ1v) is 8.44. The second-order valence-corrected chi connectivity index (χ2v) is 6.42. The Morgan fingerprint density at radius 2 is 2.10 bits per heavy atom. The predicted octanol–water partition coefficient (Wildman–Crippen LogP) is 2.43. The van der Waals surface area contributed by atoms with Gasteiger partial charge in [0.1, 0.15) is 0 Å². The Morgan fingerprint density at radius 1 is 1.40 bits per heavy atom. The summed E-state index contributed by atoms with van der Waals surface area (Å²) in [5, 5.41) is 3.01. The summed E-state index contributed by atoms with van der Waals surface area (Å²) in [5.41, 5.74) is 9.69. The predicted molar refractivity (Wildman–Crippen MR) is 88.2 cm³/mol. The topological polar surface area (TPSA) is 55.1 Å². The number of rotatable bonds is 7. The van der Waals surface area contributed by atoms with E-state index < -0.39 is 6.04 Å². The molecule has 0 saturated heterocycles. The third-order valence-electron chi connectivity index (χ3n) is 3.38. The van der Waals surface area contributed by atoms with Crippen molar-refractivity contribution >= 4 is 17.7 Å². The smallest absolute Gasteiger partial charge is 0.237 e. The number of amides is 1. The number of thioether (sulfide) groups is 1. The molecular formula is C16H26N2OS. The van der Waals surface area contributed by atoms with E-state index in [1.807, 2.05) is 13.2 Å². The average Bonchev–Trinajstić information content (AvgIpc) is 2.39. The lowest BCUT2D eigenvalue weighted by Crippen LogP contribution is -2.45. The van der Waals surface area contributed by atoms with Crippen molar-refractivity contribution < 1.29 is 4.79 Å². The number of hydrogen-bond acceptors (Lipinski definition) is 3. The molecule has 0 heterocycles. The van der Waals surface area contributed by atoms with E-state index in [9.17, 15) is 4.79 Å². The van der Waals surface area contributed by atoms with Gasteiger partial charge in [0.25, 0.3) is 0 Å². The van der Waals surface area contributed by atoms with Gasteiger partial charge in [0.15, 0.2) is 0 Å². The van der Waals surface area contributed by atoms with E-state index in [-0.39, 0.29) is 11.9 Å². The molecule has 3 nitrogen and oxygen atoms in total. The van der Waals surface area contributed by atoms with E-state index in [1.165, 1.54) is 16.7 Å². The monoisotopic (exact) mass is 294 g/mol. The average molecular weight is 294 g/mol. The number of hydrogen-bond donors (Lipinski definition) is 2. The highest BCUT2D eigenvalue weighted by Gasteiger charge is 2.15. The second kappa shape index (κ2) is 8.32. The lowest BCUT2D eigenvalue weighted by Gasteiger charge is -2.18. The van der Waals surface area contributed by atoms with Crippen LogP contribution in [0.4, 0.5) is 0 Å². The SMILES string of the molecule is CSCC[C@H](N)C(=O)NC(C)Cc1ccc(C)cc1C. The molecule has 1 unspecified atom stereocenters. The molecular weight excluding hydrogens is 268 g/mol. The Kier molecular flexibility index (Phi) is 7.10. The summed E-state index contributed by atoms with van der Waals surface area (Å²) in [5.74, 6) is 0.872. The fraction of sp³-hybridized carbons (Fsp3) is 0.562. The van der Waals surface area contributed by atoms with Crippen molar-refractivity contribution in [3.05, 3.63) is 34.9 Å². The molecule has 1 aromatic rings. The van der Waals surface area contributed by atoms with Crippen LogP contribution in [0.5, 0.6) is 0 Å². The van der Waals surface area contributed by atoms with E-state index in [0.29, 0.717) is 0 Å². The summed E-state index contributed by atoms with van der Waals surface area (Å²) in [7, 11) is 0. The fourth-order valence-corrected chi connectivity index (χ4v) is 2.67. The van der Waals surface area contributed by atoms with Crippen LogP contribution in [0.2, 0.25) is 0 Å². The lowest BCUT2D eigenvalue weighted by molar-refractivity contribution is -0.122. The summed E-state index contributed by atoms with van der Waals surface area (Å²) in [6.07, 6.45) is 3.59. The van der Waals surface area contributed by atoms with Gasteiger partial charge in [-0.3, -0.25) is 4.79 Å². The molecule has 112 valence electrons. The van der Waals surface area contributed by atoms with Crippen molar-refractivity contribution in [2.45, 2.75) is 45.7 Å². The van der Waals surface area contributed by atoms with E-state index in [0.717, 1.165) is 18.6 Å².